The molecule has 0 unspecified atom stereocenters. The van der Waals surface area contributed by atoms with Crippen molar-refractivity contribution in [3.05, 3.63) is 71.3 Å². The van der Waals surface area contributed by atoms with Crippen molar-refractivity contribution in [2.75, 3.05) is 14.1 Å². The fourth-order valence-corrected chi connectivity index (χ4v) is 3.35. The Hall–Kier alpha value is -2.97. The minimum atomic E-state index is -3.66. The summed E-state index contributed by atoms with van der Waals surface area (Å²) in [5.74, 6) is -0.704. The molecule has 8 heteroatoms. The van der Waals surface area contributed by atoms with Crippen LogP contribution in [0.5, 0.6) is 0 Å². The van der Waals surface area contributed by atoms with E-state index in [2.05, 4.69) is 24.7 Å². The molecule has 0 aliphatic carbocycles. The summed E-state index contributed by atoms with van der Waals surface area (Å²) in [6.07, 6.45) is 2.94. The van der Waals surface area contributed by atoms with E-state index in [0.717, 1.165) is 9.87 Å². The third-order valence-electron chi connectivity index (χ3n) is 4.20. The van der Waals surface area contributed by atoms with Crippen LogP contribution in [0.2, 0.25) is 0 Å². The summed E-state index contributed by atoms with van der Waals surface area (Å²) in [6.45, 7) is 4.21. The van der Waals surface area contributed by atoms with Gasteiger partial charge in [-0.25, -0.2) is 12.7 Å². The minimum absolute atomic E-state index is 0.00813. The van der Waals surface area contributed by atoms with Crippen molar-refractivity contribution in [2.24, 2.45) is 0 Å². The monoisotopic (exact) mass is 415 g/mol. The fraction of sp³-hybridized carbons (Fsp3) is 0.238. The SMILES string of the molecule is CC(C)c1ccc(/C=C/C(=O)NNC(=O)c2cccc(S(=O)(=O)N(C)C)c2)cc1. The molecule has 2 amide bonds. The predicted molar refractivity (Wildman–Crippen MR) is 112 cm³/mol. The van der Waals surface area contributed by atoms with Crippen LogP contribution in [-0.2, 0) is 14.8 Å². The first-order valence-corrected chi connectivity index (χ1v) is 10.5. The van der Waals surface area contributed by atoms with Crippen LogP contribution in [0, 0.1) is 0 Å². The second-order valence-corrected chi connectivity index (χ2v) is 9.07. The third kappa shape index (κ3) is 6.00. The summed E-state index contributed by atoms with van der Waals surface area (Å²) in [6, 6.07) is 13.4. The van der Waals surface area contributed by atoms with E-state index in [1.54, 1.807) is 6.08 Å². The number of nitrogens with one attached hydrogen (secondary N) is 2. The van der Waals surface area contributed by atoms with Gasteiger partial charge in [-0.3, -0.25) is 20.4 Å². The highest BCUT2D eigenvalue weighted by atomic mass is 32.2. The van der Waals surface area contributed by atoms with Gasteiger partial charge in [0.25, 0.3) is 11.8 Å². The number of hydrazine groups is 1. The molecule has 0 aromatic heterocycles. The van der Waals surface area contributed by atoms with Gasteiger partial charge in [-0.05, 0) is 41.3 Å². The zero-order valence-electron chi connectivity index (χ0n) is 16.8. The number of hydrogen-bond donors (Lipinski definition) is 2. The topological polar surface area (TPSA) is 95.6 Å². The zero-order valence-corrected chi connectivity index (χ0v) is 17.7. The highest BCUT2D eigenvalue weighted by Crippen LogP contribution is 2.16. The van der Waals surface area contributed by atoms with Crippen molar-refractivity contribution in [3.8, 4) is 0 Å². The second kappa shape index (κ2) is 9.49. The first-order chi connectivity index (χ1) is 13.6. The van der Waals surface area contributed by atoms with Gasteiger partial charge in [-0.2, -0.15) is 0 Å². The van der Waals surface area contributed by atoms with E-state index in [0.29, 0.717) is 5.92 Å². The molecule has 2 N–H and O–H groups in total. The smallest absolute Gasteiger partial charge is 0.268 e. The van der Waals surface area contributed by atoms with Gasteiger partial charge in [0.05, 0.1) is 4.90 Å². The van der Waals surface area contributed by atoms with Crippen molar-refractivity contribution in [3.63, 3.8) is 0 Å². The van der Waals surface area contributed by atoms with Gasteiger partial charge >= 0.3 is 0 Å². The molecule has 2 rings (SSSR count). The molecular weight excluding hydrogens is 390 g/mol. The maximum Gasteiger partial charge on any atom is 0.269 e. The lowest BCUT2D eigenvalue weighted by molar-refractivity contribution is -0.117. The number of carbonyl (C=O) groups excluding carboxylic acids is 2. The Morgan fingerprint density at radius 3 is 2.24 bits per heavy atom. The summed E-state index contributed by atoms with van der Waals surface area (Å²) < 4.78 is 25.4. The Labute approximate surface area is 171 Å². The Balaban J connectivity index is 1.97. The van der Waals surface area contributed by atoms with Gasteiger partial charge in [0.1, 0.15) is 0 Å². The molecule has 0 radical (unpaired) electrons. The predicted octanol–water partition coefficient (Wildman–Crippen LogP) is 2.53. The molecule has 29 heavy (non-hydrogen) atoms. The highest BCUT2D eigenvalue weighted by Gasteiger charge is 2.18. The lowest BCUT2D eigenvalue weighted by atomic mass is 10.0. The normalized spacial score (nSPS) is 11.8. The second-order valence-electron chi connectivity index (χ2n) is 6.91. The van der Waals surface area contributed by atoms with Crippen LogP contribution in [0.15, 0.2) is 59.5 Å². The summed E-state index contributed by atoms with van der Waals surface area (Å²) in [7, 11) is -0.842. The van der Waals surface area contributed by atoms with Gasteiger partial charge < -0.3 is 0 Å². The van der Waals surface area contributed by atoms with Crippen LogP contribution >= 0.6 is 0 Å². The van der Waals surface area contributed by atoms with Crippen molar-refractivity contribution in [1.82, 2.24) is 15.2 Å². The van der Waals surface area contributed by atoms with Crippen LogP contribution in [0.1, 0.15) is 41.3 Å². The summed E-state index contributed by atoms with van der Waals surface area (Å²) in [5.41, 5.74) is 6.72. The highest BCUT2D eigenvalue weighted by molar-refractivity contribution is 7.89. The lowest BCUT2D eigenvalue weighted by Crippen LogP contribution is -2.40. The quantitative estimate of drug-likeness (QED) is 0.560. The van der Waals surface area contributed by atoms with Crippen molar-refractivity contribution in [1.29, 1.82) is 0 Å². The zero-order chi connectivity index (χ0) is 21.6. The average Bonchev–Trinajstić information content (AvgIpc) is 2.70. The van der Waals surface area contributed by atoms with Gasteiger partial charge in [0.15, 0.2) is 0 Å². The largest absolute Gasteiger partial charge is 0.269 e. The molecule has 7 nitrogen and oxygen atoms in total. The van der Waals surface area contributed by atoms with Crippen LogP contribution in [0.3, 0.4) is 0 Å². The number of rotatable bonds is 6. The molecular formula is C21H25N3O4S. The Kier molecular flexibility index (Phi) is 7.30. The van der Waals surface area contributed by atoms with E-state index in [1.807, 2.05) is 24.3 Å². The molecule has 0 fully saturated rings. The molecule has 2 aromatic rings. The Bertz CT molecular complexity index is 1010. The van der Waals surface area contributed by atoms with Gasteiger partial charge in [-0.1, -0.05) is 44.2 Å². The van der Waals surface area contributed by atoms with Crippen molar-refractivity contribution >= 4 is 27.9 Å². The number of nitrogens with zero attached hydrogens (tertiary/aromatic N) is 1. The molecule has 0 spiro atoms. The molecule has 0 heterocycles. The summed E-state index contributed by atoms with van der Waals surface area (Å²) >= 11 is 0. The number of amides is 2. The lowest BCUT2D eigenvalue weighted by Gasteiger charge is -2.12. The number of benzene rings is 2. The first-order valence-electron chi connectivity index (χ1n) is 9.02. The Morgan fingerprint density at radius 1 is 1.00 bits per heavy atom. The van der Waals surface area contributed by atoms with Crippen LogP contribution < -0.4 is 10.9 Å². The average molecular weight is 416 g/mol. The number of hydrogen-bond acceptors (Lipinski definition) is 4. The molecule has 0 bridgehead atoms. The van der Waals surface area contributed by atoms with E-state index in [4.69, 9.17) is 0 Å². The van der Waals surface area contributed by atoms with Crippen LogP contribution in [0.4, 0.5) is 0 Å². The fourth-order valence-electron chi connectivity index (χ4n) is 2.40. The van der Waals surface area contributed by atoms with Crippen molar-refractivity contribution < 1.29 is 18.0 Å². The first kappa shape index (κ1) is 22.3. The van der Waals surface area contributed by atoms with Gasteiger partial charge in [0, 0.05) is 25.7 Å². The minimum Gasteiger partial charge on any atom is -0.268 e. The third-order valence-corrected chi connectivity index (χ3v) is 6.02. The molecule has 0 atom stereocenters. The maximum atomic E-state index is 12.2. The van der Waals surface area contributed by atoms with E-state index in [1.165, 1.54) is 50.0 Å². The van der Waals surface area contributed by atoms with Gasteiger partial charge in [0.2, 0.25) is 10.0 Å². The number of carbonyl (C=O) groups is 2. The van der Waals surface area contributed by atoms with E-state index < -0.39 is 21.8 Å². The summed E-state index contributed by atoms with van der Waals surface area (Å²) in [5, 5.41) is 0. The van der Waals surface area contributed by atoms with Gasteiger partial charge in [-0.15, -0.1) is 0 Å². The summed E-state index contributed by atoms with van der Waals surface area (Å²) in [4.78, 5) is 24.1. The molecule has 0 saturated carbocycles. The standard InChI is InChI=1S/C21H25N3O4S/c1-15(2)17-11-8-16(9-12-17)10-13-20(25)22-23-21(26)18-6-5-7-19(14-18)29(27,28)24(3)4/h5-15H,1-4H3,(H,22,25)(H,23,26)/b13-10+. The van der Waals surface area contributed by atoms with Crippen molar-refractivity contribution in [2.45, 2.75) is 24.7 Å². The Morgan fingerprint density at radius 2 is 1.66 bits per heavy atom. The molecule has 0 aliphatic heterocycles. The molecule has 0 aliphatic rings. The molecule has 154 valence electrons. The van der Waals surface area contributed by atoms with E-state index in [9.17, 15) is 18.0 Å². The molecule has 2 aromatic carbocycles. The molecule has 0 saturated heterocycles. The van der Waals surface area contributed by atoms with E-state index in [-0.39, 0.29) is 10.5 Å². The van der Waals surface area contributed by atoms with Crippen LogP contribution in [0.25, 0.3) is 6.08 Å². The van der Waals surface area contributed by atoms with E-state index >= 15 is 0 Å². The number of sulfonamides is 1. The maximum absolute atomic E-state index is 12.2. The van der Waals surface area contributed by atoms with Crippen LogP contribution in [-0.4, -0.2) is 38.6 Å².